The maximum atomic E-state index is 12.4. The van der Waals surface area contributed by atoms with E-state index < -0.39 is 0 Å². The molecule has 0 aromatic heterocycles. The highest BCUT2D eigenvalue weighted by molar-refractivity contribution is 5.13. The molecular weight excluding hydrogens is 153 g/mol. The summed E-state index contributed by atoms with van der Waals surface area (Å²) in [7, 11) is 0. The fourth-order valence-corrected chi connectivity index (χ4v) is 1.83. The fraction of sp³-hybridized carbons (Fsp3) is 0.800. The number of nitrogens with zero attached hydrogens (tertiary/aromatic N) is 1. The van der Waals surface area contributed by atoms with Gasteiger partial charge in [-0.25, -0.2) is 4.39 Å². The second kappa shape index (κ2) is 3.56. The summed E-state index contributed by atoms with van der Waals surface area (Å²) in [6, 6.07) is 0. The lowest BCUT2D eigenvalue weighted by molar-refractivity contribution is 0.171. The van der Waals surface area contributed by atoms with Gasteiger partial charge in [0, 0.05) is 18.5 Å². The smallest absolute Gasteiger partial charge is 0.0865 e. The van der Waals surface area contributed by atoms with Crippen molar-refractivity contribution in [3.63, 3.8) is 0 Å². The highest BCUT2D eigenvalue weighted by atomic mass is 19.1. The van der Waals surface area contributed by atoms with Crippen LogP contribution in [0.3, 0.4) is 0 Å². The van der Waals surface area contributed by atoms with Gasteiger partial charge in [-0.2, -0.15) is 0 Å². The van der Waals surface area contributed by atoms with Crippen LogP contribution in [0.25, 0.3) is 0 Å². The second-order valence-corrected chi connectivity index (χ2v) is 4.14. The highest BCUT2D eigenvalue weighted by Gasteiger charge is 2.30. The molecule has 0 bridgehead atoms. The summed E-state index contributed by atoms with van der Waals surface area (Å²) in [5, 5.41) is 0. The molecule has 1 aliphatic heterocycles. The zero-order valence-corrected chi connectivity index (χ0v) is 8.23. The van der Waals surface area contributed by atoms with Gasteiger partial charge in [0.15, 0.2) is 0 Å². The van der Waals surface area contributed by atoms with Gasteiger partial charge < -0.3 is 4.90 Å². The number of halogens is 1. The van der Waals surface area contributed by atoms with Gasteiger partial charge in [-0.3, -0.25) is 0 Å². The molecule has 1 nitrogen and oxygen atoms in total. The molecule has 1 aliphatic rings. The Bertz CT molecular complexity index is 184. The number of piperidine rings is 1. The maximum absolute atomic E-state index is 12.4. The average Bonchev–Trinajstić information content (AvgIpc) is 2.02. The van der Waals surface area contributed by atoms with Crippen molar-refractivity contribution in [2.75, 3.05) is 19.6 Å². The van der Waals surface area contributed by atoms with Crippen LogP contribution in [0, 0.1) is 5.41 Å². The Morgan fingerprint density at radius 1 is 1.58 bits per heavy atom. The van der Waals surface area contributed by atoms with Gasteiger partial charge in [0.05, 0.1) is 6.33 Å². The lowest BCUT2D eigenvalue weighted by Crippen LogP contribution is -2.41. The summed E-state index contributed by atoms with van der Waals surface area (Å²) >= 11 is 0. The molecule has 0 N–H and O–H groups in total. The third-order valence-electron chi connectivity index (χ3n) is 2.76. The van der Waals surface area contributed by atoms with Crippen LogP contribution in [0.15, 0.2) is 11.9 Å². The van der Waals surface area contributed by atoms with Crippen molar-refractivity contribution >= 4 is 0 Å². The minimum atomic E-state index is 0.0308. The minimum Gasteiger partial charge on any atom is -0.302 e. The molecule has 12 heavy (non-hydrogen) atoms. The molecule has 0 spiro atoms. The molecule has 0 saturated carbocycles. The van der Waals surface area contributed by atoms with Crippen LogP contribution in [-0.2, 0) is 0 Å². The summed E-state index contributed by atoms with van der Waals surface area (Å²) in [6.07, 6.45) is 1.68. The van der Waals surface area contributed by atoms with E-state index in [1.165, 1.54) is 0 Å². The molecule has 1 heterocycles. The van der Waals surface area contributed by atoms with Crippen molar-refractivity contribution in [1.29, 1.82) is 0 Å². The first-order valence-electron chi connectivity index (χ1n) is 4.62. The normalized spacial score (nSPS) is 27.8. The quantitative estimate of drug-likeness (QED) is 0.586. The second-order valence-electron chi connectivity index (χ2n) is 4.14. The van der Waals surface area contributed by atoms with E-state index in [0.717, 1.165) is 38.0 Å². The average molecular weight is 171 g/mol. The predicted octanol–water partition coefficient (Wildman–Crippen LogP) is 2.59. The minimum absolute atomic E-state index is 0.0308. The Morgan fingerprint density at radius 3 is 2.67 bits per heavy atom. The van der Waals surface area contributed by atoms with Crippen LogP contribution in [0.5, 0.6) is 0 Å². The van der Waals surface area contributed by atoms with Gasteiger partial charge >= 0.3 is 0 Å². The first-order valence-corrected chi connectivity index (χ1v) is 4.62. The third-order valence-corrected chi connectivity index (χ3v) is 2.76. The molecule has 1 rings (SSSR count). The zero-order valence-electron chi connectivity index (χ0n) is 8.23. The SMILES string of the molecule is CCN1CC/C(=C\F)C(C)(C)C1. The molecule has 0 aromatic carbocycles. The van der Waals surface area contributed by atoms with Crippen molar-refractivity contribution in [3.05, 3.63) is 11.9 Å². The molecule has 70 valence electrons. The van der Waals surface area contributed by atoms with Crippen molar-refractivity contribution in [1.82, 2.24) is 4.90 Å². The van der Waals surface area contributed by atoms with Crippen molar-refractivity contribution < 1.29 is 4.39 Å². The Kier molecular flexibility index (Phi) is 2.89. The van der Waals surface area contributed by atoms with Gasteiger partial charge in [-0.05, 0) is 18.5 Å². The molecule has 0 aromatic rings. The molecular formula is C10H18FN. The first kappa shape index (κ1) is 9.72. The lowest BCUT2D eigenvalue weighted by atomic mass is 9.80. The molecule has 0 amide bonds. The van der Waals surface area contributed by atoms with Gasteiger partial charge in [0.2, 0.25) is 0 Å². The number of hydrogen-bond donors (Lipinski definition) is 0. The van der Waals surface area contributed by atoms with Crippen LogP contribution in [0.2, 0.25) is 0 Å². The Hall–Kier alpha value is -0.370. The number of likely N-dealkylation sites (tertiary alicyclic amines) is 1. The summed E-state index contributed by atoms with van der Waals surface area (Å²) < 4.78 is 12.4. The van der Waals surface area contributed by atoms with Gasteiger partial charge in [0.1, 0.15) is 0 Å². The van der Waals surface area contributed by atoms with E-state index in [0.29, 0.717) is 0 Å². The summed E-state index contributed by atoms with van der Waals surface area (Å²) in [5.41, 5.74) is 0.996. The van der Waals surface area contributed by atoms with E-state index in [9.17, 15) is 4.39 Å². The van der Waals surface area contributed by atoms with Crippen molar-refractivity contribution in [2.24, 2.45) is 5.41 Å². The van der Waals surface area contributed by atoms with Crippen LogP contribution < -0.4 is 0 Å². The van der Waals surface area contributed by atoms with Crippen molar-refractivity contribution in [3.8, 4) is 0 Å². The monoisotopic (exact) mass is 171 g/mol. The van der Waals surface area contributed by atoms with Gasteiger partial charge in [-0.15, -0.1) is 0 Å². The largest absolute Gasteiger partial charge is 0.302 e. The van der Waals surface area contributed by atoms with Crippen LogP contribution in [-0.4, -0.2) is 24.5 Å². The van der Waals surface area contributed by atoms with Crippen LogP contribution in [0.1, 0.15) is 27.2 Å². The standard InChI is InChI=1S/C10H18FN/c1-4-12-6-5-9(7-11)10(2,3)8-12/h7H,4-6,8H2,1-3H3/b9-7+. The van der Waals surface area contributed by atoms with Gasteiger partial charge in [-0.1, -0.05) is 20.8 Å². The highest BCUT2D eigenvalue weighted by Crippen LogP contribution is 2.33. The van der Waals surface area contributed by atoms with E-state index in [1.54, 1.807) is 0 Å². The number of hydrogen-bond acceptors (Lipinski definition) is 1. The Balaban J connectivity index is 2.67. The summed E-state index contributed by atoms with van der Waals surface area (Å²) in [6.45, 7) is 9.44. The first-order chi connectivity index (χ1) is 5.60. The number of rotatable bonds is 1. The van der Waals surface area contributed by atoms with Crippen molar-refractivity contribution in [2.45, 2.75) is 27.2 Å². The molecule has 1 saturated heterocycles. The molecule has 0 aliphatic carbocycles. The lowest BCUT2D eigenvalue weighted by Gasteiger charge is -2.39. The van der Waals surface area contributed by atoms with Crippen LogP contribution in [0.4, 0.5) is 4.39 Å². The van der Waals surface area contributed by atoms with E-state index in [4.69, 9.17) is 0 Å². The molecule has 2 heteroatoms. The Morgan fingerprint density at radius 2 is 2.25 bits per heavy atom. The summed E-state index contributed by atoms with van der Waals surface area (Å²) in [5.74, 6) is 0. The molecule has 1 fully saturated rings. The van der Waals surface area contributed by atoms with E-state index in [1.807, 2.05) is 0 Å². The third kappa shape index (κ3) is 1.86. The maximum Gasteiger partial charge on any atom is 0.0865 e. The topological polar surface area (TPSA) is 3.24 Å². The summed E-state index contributed by atoms with van der Waals surface area (Å²) in [4.78, 5) is 2.37. The molecule has 0 atom stereocenters. The van der Waals surface area contributed by atoms with E-state index in [2.05, 4.69) is 25.7 Å². The van der Waals surface area contributed by atoms with Gasteiger partial charge in [0.25, 0.3) is 0 Å². The van der Waals surface area contributed by atoms with E-state index >= 15 is 0 Å². The zero-order chi connectivity index (χ0) is 9.19. The van der Waals surface area contributed by atoms with Crippen LogP contribution >= 0.6 is 0 Å². The Labute approximate surface area is 74.3 Å². The predicted molar refractivity (Wildman–Crippen MR) is 49.7 cm³/mol. The molecule has 0 radical (unpaired) electrons. The van der Waals surface area contributed by atoms with E-state index in [-0.39, 0.29) is 5.41 Å². The fourth-order valence-electron chi connectivity index (χ4n) is 1.83. The molecule has 0 unspecified atom stereocenters.